The van der Waals surface area contributed by atoms with Crippen LogP contribution in [-0.2, 0) is 4.79 Å². The number of amides is 1. The fraction of sp³-hybridized carbons (Fsp3) is 0.533. The molecule has 0 aromatic heterocycles. The second kappa shape index (κ2) is 7.04. The van der Waals surface area contributed by atoms with E-state index < -0.39 is 0 Å². The number of carbonyl (C=O) groups excluding carboxylic acids is 1. The minimum Gasteiger partial charge on any atom is -0.376 e. The number of carbonyl (C=O) groups is 1. The largest absolute Gasteiger partial charge is 0.376 e. The summed E-state index contributed by atoms with van der Waals surface area (Å²) in [5.74, 6) is 0.542. The molecule has 0 spiro atoms. The number of hydrogen-bond acceptors (Lipinski definition) is 2. The lowest BCUT2D eigenvalue weighted by atomic mass is 10.0. The highest BCUT2D eigenvalue weighted by Crippen LogP contribution is 2.18. The summed E-state index contributed by atoms with van der Waals surface area (Å²) in [6, 6.07) is 8.45. The van der Waals surface area contributed by atoms with Crippen LogP contribution in [0.25, 0.3) is 0 Å². The van der Waals surface area contributed by atoms with Crippen molar-refractivity contribution in [1.82, 2.24) is 5.32 Å². The van der Waals surface area contributed by atoms with Crippen molar-refractivity contribution in [2.24, 2.45) is 0 Å². The smallest absolute Gasteiger partial charge is 0.239 e. The van der Waals surface area contributed by atoms with Gasteiger partial charge in [-0.05, 0) is 37.0 Å². The monoisotopic (exact) mass is 248 g/mol. The molecule has 0 saturated heterocycles. The molecule has 2 N–H and O–H groups in total. The zero-order valence-corrected chi connectivity index (χ0v) is 11.8. The van der Waals surface area contributed by atoms with E-state index in [4.69, 9.17) is 0 Å². The van der Waals surface area contributed by atoms with Crippen LogP contribution in [0, 0.1) is 0 Å². The average Bonchev–Trinajstić information content (AvgIpc) is 2.36. The van der Waals surface area contributed by atoms with Gasteiger partial charge in [0.1, 0.15) is 0 Å². The molecule has 18 heavy (non-hydrogen) atoms. The van der Waals surface area contributed by atoms with Crippen LogP contribution < -0.4 is 10.6 Å². The second-order valence-electron chi connectivity index (χ2n) is 5.01. The maximum Gasteiger partial charge on any atom is 0.239 e. The molecule has 1 amide bonds. The third-order valence-corrected chi connectivity index (χ3v) is 3.03. The minimum atomic E-state index is 0.0410. The van der Waals surface area contributed by atoms with Crippen LogP contribution in [0.5, 0.6) is 0 Å². The summed E-state index contributed by atoms with van der Waals surface area (Å²) in [7, 11) is 0. The Morgan fingerprint density at radius 1 is 1.28 bits per heavy atom. The molecule has 0 heterocycles. The SMILES string of the molecule is CCC(C)NC(=O)CNc1cccc(C(C)C)c1. The lowest BCUT2D eigenvalue weighted by molar-refractivity contribution is -0.120. The Labute approximate surface area is 110 Å². The molecular weight excluding hydrogens is 224 g/mol. The van der Waals surface area contributed by atoms with Crippen LogP contribution in [-0.4, -0.2) is 18.5 Å². The number of benzene rings is 1. The molecule has 0 saturated carbocycles. The lowest BCUT2D eigenvalue weighted by Gasteiger charge is -2.13. The molecule has 0 aliphatic rings. The highest BCUT2D eigenvalue weighted by atomic mass is 16.1. The topological polar surface area (TPSA) is 41.1 Å². The summed E-state index contributed by atoms with van der Waals surface area (Å²) in [4.78, 5) is 11.6. The third-order valence-electron chi connectivity index (χ3n) is 3.03. The molecule has 0 aliphatic carbocycles. The van der Waals surface area contributed by atoms with Crippen LogP contribution in [0.2, 0.25) is 0 Å². The van der Waals surface area contributed by atoms with Gasteiger partial charge >= 0.3 is 0 Å². The summed E-state index contributed by atoms with van der Waals surface area (Å²) in [5, 5.41) is 6.09. The van der Waals surface area contributed by atoms with Crippen molar-refractivity contribution in [2.75, 3.05) is 11.9 Å². The van der Waals surface area contributed by atoms with E-state index in [9.17, 15) is 4.79 Å². The first-order valence-corrected chi connectivity index (χ1v) is 6.66. The van der Waals surface area contributed by atoms with Gasteiger partial charge in [0.2, 0.25) is 5.91 Å². The van der Waals surface area contributed by atoms with E-state index >= 15 is 0 Å². The van der Waals surface area contributed by atoms with Crippen molar-refractivity contribution in [3.63, 3.8) is 0 Å². The summed E-state index contributed by atoms with van der Waals surface area (Å²) < 4.78 is 0. The molecule has 0 radical (unpaired) electrons. The van der Waals surface area contributed by atoms with Crippen molar-refractivity contribution in [2.45, 2.75) is 46.1 Å². The molecule has 100 valence electrons. The van der Waals surface area contributed by atoms with Gasteiger partial charge in [-0.2, -0.15) is 0 Å². The molecule has 0 aliphatic heterocycles. The second-order valence-corrected chi connectivity index (χ2v) is 5.01. The molecule has 3 heteroatoms. The Morgan fingerprint density at radius 2 is 2.00 bits per heavy atom. The van der Waals surface area contributed by atoms with Gasteiger partial charge in [0.25, 0.3) is 0 Å². The molecule has 1 aromatic carbocycles. The van der Waals surface area contributed by atoms with E-state index in [1.807, 2.05) is 19.1 Å². The van der Waals surface area contributed by atoms with Gasteiger partial charge in [0, 0.05) is 11.7 Å². The van der Waals surface area contributed by atoms with E-state index in [2.05, 4.69) is 43.5 Å². The highest BCUT2D eigenvalue weighted by Gasteiger charge is 2.05. The molecule has 0 fully saturated rings. The number of anilines is 1. The lowest BCUT2D eigenvalue weighted by Crippen LogP contribution is -2.36. The summed E-state index contributed by atoms with van der Waals surface area (Å²) in [6.45, 7) is 8.72. The predicted octanol–water partition coefficient (Wildman–Crippen LogP) is 3.14. The minimum absolute atomic E-state index is 0.0410. The molecule has 1 atom stereocenters. The van der Waals surface area contributed by atoms with Crippen LogP contribution in [0.4, 0.5) is 5.69 Å². The number of rotatable bonds is 6. The zero-order chi connectivity index (χ0) is 13.5. The Bertz CT molecular complexity index is 388. The molecular formula is C15H24N2O. The Balaban J connectivity index is 2.48. The van der Waals surface area contributed by atoms with E-state index in [0.29, 0.717) is 12.5 Å². The van der Waals surface area contributed by atoms with Gasteiger partial charge in [-0.15, -0.1) is 0 Å². The first-order valence-electron chi connectivity index (χ1n) is 6.66. The fourth-order valence-electron chi connectivity index (χ4n) is 1.62. The van der Waals surface area contributed by atoms with Crippen molar-refractivity contribution < 1.29 is 4.79 Å². The molecule has 1 aromatic rings. The number of hydrogen-bond donors (Lipinski definition) is 2. The van der Waals surface area contributed by atoms with Gasteiger partial charge in [-0.1, -0.05) is 32.9 Å². The van der Waals surface area contributed by atoms with Crippen LogP contribution >= 0.6 is 0 Å². The van der Waals surface area contributed by atoms with Crippen molar-refractivity contribution in [3.05, 3.63) is 29.8 Å². The van der Waals surface area contributed by atoms with Gasteiger partial charge < -0.3 is 10.6 Å². The maximum atomic E-state index is 11.6. The highest BCUT2D eigenvalue weighted by molar-refractivity contribution is 5.80. The molecule has 3 nitrogen and oxygen atoms in total. The van der Waals surface area contributed by atoms with Gasteiger partial charge in [-0.3, -0.25) is 4.79 Å². The molecule has 1 unspecified atom stereocenters. The normalized spacial score (nSPS) is 12.3. The Kier molecular flexibility index (Phi) is 5.69. The Hall–Kier alpha value is -1.51. The van der Waals surface area contributed by atoms with E-state index in [1.54, 1.807) is 0 Å². The van der Waals surface area contributed by atoms with Crippen molar-refractivity contribution in [1.29, 1.82) is 0 Å². The summed E-state index contributed by atoms with van der Waals surface area (Å²) >= 11 is 0. The van der Waals surface area contributed by atoms with Crippen LogP contribution in [0.1, 0.15) is 45.6 Å². The van der Waals surface area contributed by atoms with Gasteiger partial charge in [-0.25, -0.2) is 0 Å². The number of nitrogens with one attached hydrogen (secondary N) is 2. The van der Waals surface area contributed by atoms with Crippen molar-refractivity contribution >= 4 is 11.6 Å². The molecule has 0 bridgehead atoms. The van der Waals surface area contributed by atoms with E-state index in [1.165, 1.54) is 5.56 Å². The molecule has 1 rings (SSSR count). The summed E-state index contributed by atoms with van der Waals surface area (Å²) in [6.07, 6.45) is 0.953. The fourth-order valence-corrected chi connectivity index (χ4v) is 1.62. The zero-order valence-electron chi connectivity index (χ0n) is 11.8. The van der Waals surface area contributed by atoms with Crippen molar-refractivity contribution in [3.8, 4) is 0 Å². The standard InChI is InChI=1S/C15H24N2O/c1-5-12(4)17-15(18)10-16-14-8-6-7-13(9-14)11(2)3/h6-9,11-12,16H,5,10H2,1-4H3,(H,17,18). The third kappa shape index (κ3) is 4.78. The van der Waals surface area contributed by atoms with Gasteiger partial charge in [0.05, 0.1) is 6.54 Å². The van der Waals surface area contributed by atoms with E-state index in [0.717, 1.165) is 12.1 Å². The predicted molar refractivity (Wildman–Crippen MR) is 76.9 cm³/mol. The van der Waals surface area contributed by atoms with Gasteiger partial charge in [0.15, 0.2) is 0 Å². The van der Waals surface area contributed by atoms with Crippen LogP contribution in [0.15, 0.2) is 24.3 Å². The van der Waals surface area contributed by atoms with E-state index in [-0.39, 0.29) is 11.9 Å². The first-order chi connectivity index (χ1) is 8.52. The summed E-state index contributed by atoms with van der Waals surface area (Å²) in [5.41, 5.74) is 2.28. The Morgan fingerprint density at radius 3 is 2.61 bits per heavy atom. The average molecular weight is 248 g/mol. The van der Waals surface area contributed by atoms with Crippen LogP contribution in [0.3, 0.4) is 0 Å². The quantitative estimate of drug-likeness (QED) is 0.812. The maximum absolute atomic E-state index is 11.6. The first kappa shape index (κ1) is 14.6.